The highest BCUT2D eigenvalue weighted by Gasteiger charge is 2.28. The van der Waals surface area contributed by atoms with Crippen LogP contribution < -0.4 is 0 Å². The Labute approximate surface area is 123 Å². The van der Waals surface area contributed by atoms with Crippen molar-refractivity contribution in [3.8, 4) is 0 Å². The van der Waals surface area contributed by atoms with Crippen molar-refractivity contribution in [2.45, 2.75) is 84.9 Å². The number of rotatable bonds is 10. The lowest BCUT2D eigenvalue weighted by Crippen LogP contribution is -2.39. The highest BCUT2D eigenvalue weighted by atomic mass is 28.4. The maximum atomic E-state index is 6.43. The lowest BCUT2D eigenvalue weighted by atomic mass is 9.96. The minimum atomic E-state index is -1.47. The Bertz CT molecular complexity index is 231. The van der Waals surface area contributed by atoms with Gasteiger partial charge in [0.15, 0.2) is 16.6 Å². The fourth-order valence-corrected chi connectivity index (χ4v) is 4.03. The average Bonchev–Trinajstić information content (AvgIpc) is 2.22. The maximum Gasteiger partial charge on any atom is 0.184 e. The van der Waals surface area contributed by atoms with Gasteiger partial charge in [-0.15, -0.1) is 0 Å². The quantitative estimate of drug-likeness (QED) is 0.512. The molecule has 2 unspecified atom stereocenters. The molecule has 0 aliphatic carbocycles. The molecular weight excluding hydrogens is 268 g/mol. The first-order valence-corrected chi connectivity index (χ1v) is 14.7. The molecule has 0 N–H and O–H groups in total. The Morgan fingerprint density at radius 1 is 0.895 bits per heavy atom. The summed E-state index contributed by atoms with van der Waals surface area (Å²) in [5.74, 6) is 0.560. The van der Waals surface area contributed by atoms with E-state index in [0.29, 0.717) is 12.0 Å². The minimum Gasteiger partial charge on any atom is -0.417 e. The van der Waals surface area contributed by atoms with Crippen LogP contribution in [0.4, 0.5) is 0 Å². The third-order valence-corrected chi connectivity index (χ3v) is 5.17. The zero-order valence-electron chi connectivity index (χ0n) is 14.5. The van der Waals surface area contributed by atoms with Gasteiger partial charge in [-0.1, -0.05) is 26.7 Å². The van der Waals surface area contributed by atoms with Crippen LogP contribution in [0.25, 0.3) is 0 Å². The normalized spacial score (nSPS) is 16.4. The topological polar surface area (TPSA) is 18.5 Å². The molecule has 0 saturated carbocycles. The van der Waals surface area contributed by atoms with E-state index < -0.39 is 16.6 Å². The number of unbranched alkanes of at least 4 members (excludes halogenated alkanes) is 1. The molecule has 0 aromatic heterocycles. The molecule has 0 spiro atoms. The first kappa shape index (κ1) is 19.4. The van der Waals surface area contributed by atoms with Gasteiger partial charge in [0.2, 0.25) is 0 Å². The Balaban J connectivity index is 4.57. The van der Waals surface area contributed by atoms with E-state index >= 15 is 0 Å². The molecule has 0 rings (SSSR count). The summed E-state index contributed by atoms with van der Waals surface area (Å²) in [5.41, 5.74) is 0. The molecule has 0 fully saturated rings. The third-order valence-electron chi connectivity index (χ3n) is 3.13. The maximum absolute atomic E-state index is 6.43. The molecule has 2 atom stereocenters. The van der Waals surface area contributed by atoms with Crippen LogP contribution in [-0.4, -0.2) is 29.3 Å². The van der Waals surface area contributed by atoms with E-state index in [4.69, 9.17) is 8.85 Å². The van der Waals surface area contributed by atoms with Crippen LogP contribution in [0.2, 0.25) is 39.3 Å². The molecular formula is C15H36O2Si2. The van der Waals surface area contributed by atoms with E-state index in [-0.39, 0.29) is 0 Å². The predicted molar refractivity (Wildman–Crippen MR) is 90.8 cm³/mol. The highest BCUT2D eigenvalue weighted by Crippen LogP contribution is 2.23. The van der Waals surface area contributed by atoms with Gasteiger partial charge < -0.3 is 8.85 Å². The van der Waals surface area contributed by atoms with Crippen molar-refractivity contribution in [1.82, 2.24) is 0 Å². The molecule has 0 saturated heterocycles. The zero-order valence-corrected chi connectivity index (χ0v) is 16.5. The summed E-state index contributed by atoms with van der Waals surface area (Å²) >= 11 is 0. The van der Waals surface area contributed by atoms with Crippen LogP contribution in [0.5, 0.6) is 0 Å². The zero-order chi connectivity index (χ0) is 15.1. The van der Waals surface area contributed by atoms with Crippen molar-refractivity contribution < 1.29 is 8.85 Å². The fourth-order valence-electron chi connectivity index (χ4n) is 2.10. The summed E-state index contributed by atoms with van der Waals surface area (Å²) in [5, 5.41) is 0. The smallest absolute Gasteiger partial charge is 0.184 e. The second kappa shape index (κ2) is 8.60. The lowest BCUT2D eigenvalue weighted by Gasteiger charge is -2.33. The van der Waals surface area contributed by atoms with E-state index in [1.807, 2.05) is 0 Å². The van der Waals surface area contributed by atoms with Crippen LogP contribution in [0, 0.1) is 5.92 Å². The Morgan fingerprint density at radius 2 is 1.47 bits per heavy atom. The van der Waals surface area contributed by atoms with Gasteiger partial charge in [0.05, 0.1) is 0 Å². The van der Waals surface area contributed by atoms with Crippen molar-refractivity contribution in [3.63, 3.8) is 0 Å². The second-order valence-electron chi connectivity index (χ2n) is 7.50. The SMILES string of the molecule is CCCCC(O[Si](C)(C)C)C(CC)CO[Si](C)(C)C. The molecule has 0 radical (unpaired) electrons. The predicted octanol–water partition coefficient (Wildman–Crippen LogP) is 5.27. The molecule has 0 aromatic carbocycles. The van der Waals surface area contributed by atoms with E-state index in [2.05, 4.69) is 53.1 Å². The highest BCUT2D eigenvalue weighted by molar-refractivity contribution is 6.70. The van der Waals surface area contributed by atoms with Crippen molar-refractivity contribution in [2.75, 3.05) is 6.61 Å². The standard InChI is InChI=1S/C15H36O2Si2/c1-9-11-12-15(17-19(6,7)8)14(10-2)13-16-18(3,4)5/h14-15H,9-13H2,1-8H3. The third kappa shape index (κ3) is 10.8. The summed E-state index contributed by atoms with van der Waals surface area (Å²) in [7, 11) is -2.88. The van der Waals surface area contributed by atoms with Gasteiger partial charge in [-0.3, -0.25) is 0 Å². The number of hydrogen-bond donors (Lipinski definition) is 0. The first-order chi connectivity index (χ1) is 8.59. The van der Waals surface area contributed by atoms with Crippen LogP contribution in [0.1, 0.15) is 39.5 Å². The molecule has 2 nitrogen and oxygen atoms in total. The van der Waals surface area contributed by atoms with Crippen molar-refractivity contribution in [2.24, 2.45) is 5.92 Å². The van der Waals surface area contributed by atoms with Crippen molar-refractivity contribution in [1.29, 1.82) is 0 Å². The van der Waals surface area contributed by atoms with Gasteiger partial charge in [0.1, 0.15) is 0 Å². The molecule has 0 aliphatic heterocycles. The lowest BCUT2D eigenvalue weighted by molar-refractivity contribution is 0.0761. The number of hydrogen-bond acceptors (Lipinski definition) is 2. The van der Waals surface area contributed by atoms with E-state index in [9.17, 15) is 0 Å². The van der Waals surface area contributed by atoms with Gasteiger partial charge in [-0.2, -0.15) is 0 Å². The molecule has 116 valence electrons. The van der Waals surface area contributed by atoms with Crippen LogP contribution in [-0.2, 0) is 8.85 Å². The molecule has 0 bridgehead atoms. The second-order valence-corrected chi connectivity index (χ2v) is 16.5. The van der Waals surface area contributed by atoms with Crippen molar-refractivity contribution in [3.05, 3.63) is 0 Å². The summed E-state index contributed by atoms with van der Waals surface area (Å²) < 4.78 is 12.6. The largest absolute Gasteiger partial charge is 0.417 e. The summed E-state index contributed by atoms with van der Waals surface area (Å²) in [6.45, 7) is 19.1. The average molecular weight is 305 g/mol. The van der Waals surface area contributed by atoms with Gasteiger partial charge in [0, 0.05) is 18.6 Å². The molecule has 4 heteroatoms. The van der Waals surface area contributed by atoms with Crippen LogP contribution in [0.15, 0.2) is 0 Å². The molecule has 0 amide bonds. The molecule has 19 heavy (non-hydrogen) atoms. The summed E-state index contributed by atoms with van der Waals surface area (Å²) in [6, 6.07) is 0. The van der Waals surface area contributed by atoms with Gasteiger partial charge in [-0.05, 0) is 52.1 Å². The van der Waals surface area contributed by atoms with E-state index in [1.54, 1.807) is 0 Å². The molecule has 0 aliphatic rings. The summed E-state index contributed by atoms with van der Waals surface area (Å²) in [6.07, 6.45) is 5.25. The Hall–Kier alpha value is 0.354. The first-order valence-electron chi connectivity index (χ1n) is 7.90. The monoisotopic (exact) mass is 304 g/mol. The van der Waals surface area contributed by atoms with Crippen molar-refractivity contribution >= 4 is 16.6 Å². The minimum absolute atomic E-state index is 0.396. The van der Waals surface area contributed by atoms with Gasteiger partial charge in [-0.25, -0.2) is 0 Å². The van der Waals surface area contributed by atoms with Gasteiger partial charge in [0.25, 0.3) is 0 Å². The summed E-state index contributed by atoms with van der Waals surface area (Å²) in [4.78, 5) is 0. The van der Waals surface area contributed by atoms with Crippen LogP contribution >= 0.6 is 0 Å². The van der Waals surface area contributed by atoms with Gasteiger partial charge >= 0.3 is 0 Å². The fraction of sp³-hybridized carbons (Fsp3) is 1.00. The molecule has 0 aromatic rings. The Kier molecular flexibility index (Phi) is 8.76. The van der Waals surface area contributed by atoms with E-state index in [0.717, 1.165) is 13.0 Å². The van der Waals surface area contributed by atoms with E-state index in [1.165, 1.54) is 19.3 Å². The molecule has 0 heterocycles. The Morgan fingerprint density at radius 3 is 1.84 bits per heavy atom. The van der Waals surface area contributed by atoms with Crippen LogP contribution in [0.3, 0.4) is 0 Å².